The van der Waals surface area contributed by atoms with Crippen molar-refractivity contribution >= 4 is 5.91 Å². The van der Waals surface area contributed by atoms with Crippen LogP contribution in [0.5, 0.6) is 11.5 Å². The average Bonchev–Trinajstić information content (AvgIpc) is 2.46. The van der Waals surface area contributed by atoms with Crippen LogP contribution < -0.4 is 5.32 Å². The molecule has 0 bridgehead atoms. The lowest BCUT2D eigenvalue weighted by Crippen LogP contribution is -2.49. The molecule has 5 nitrogen and oxygen atoms in total. The molecule has 2 atom stereocenters. The van der Waals surface area contributed by atoms with Crippen LogP contribution in [-0.2, 0) is 4.79 Å². The van der Waals surface area contributed by atoms with Crippen molar-refractivity contribution in [2.24, 2.45) is 0 Å². The van der Waals surface area contributed by atoms with Gasteiger partial charge in [-0.1, -0.05) is 12.5 Å². The summed E-state index contributed by atoms with van der Waals surface area (Å²) in [5.74, 6) is 0.129. The number of hydrogen-bond donors (Lipinski definition) is 3. The Bertz CT molecular complexity index is 470. The second kappa shape index (κ2) is 6.13. The third-order valence-electron chi connectivity index (χ3n) is 4.07. The zero-order chi connectivity index (χ0) is 14.7. The first-order valence-electron chi connectivity index (χ1n) is 7.04. The Morgan fingerprint density at radius 2 is 2.00 bits per heavy atom. The molecule has 0 saturated carbocycles. The zero-order valence-electron chi connectivity index (χ0n) is 12.0. The van der Waals surface area contributed by atoms with Gasteiger partial charge in [-0.15, -0.1) is 0 Å². The van der Waals surface area contributed by atoms with Gasteiger partial charge >= 0.3 is 0 Å². The Hall–Kier alpha value is -1.75. The standard InChI is InChI=1S/C15H22N2O3/c1-10(14-12(18)7-5-8-13(14)19)17-9-4-3-6-11(17)15(20)16-2/h5,7-8,10-11,18-19H,3-4,6,9H2,1-2H3,(H,16,20). The number of nitrogens with one attached hydrogen (secondary N) is 1. The fourth-order valence-electron chi connectivity index (χ4n) is 3.00. The number of carbonyl (C=O) groups excluding carboxylic acids is 1. The molecule has 1 saturated heterocycles. The van der Waals surface area contributed by atoms with Crippen LogP contribution in [0.15, 0.2) is 18.2 Å². The summed E-state index contributed by atoms with van der Waals surface area (Å²) in [5.41, 5.74) is 0.489. The van der Waals surface area contributed by atoms with E-state index in [1.54, 1.807) is 25.2 Å². The van der Waals surface area contributed by atoms with Crippen LogP contribution in [0.2, 0.25) is 0 Å². The van der Waals surface area contributed by atoms with Crippen molar-refractivity contribution < 1.29 is 15.0 Å². The maximum absolute atomic E-state index is 12.0. The van der Waals surface area contributed by atoms with Gasteiger partial charge in [0.25, 0.3) is 0 Å². The summed E-state index contributed by atoms with van der Waals surface area (Å²) in [6, 6.07) is 4.31. The number of amides is 1. The normalized spacial score (nSPS) is 21.4. The summed E-state index contributed by atoms with van der Waals surface area (Å²) in [6.45, 7) is 2.70. The van der Waals surface area contributed by atoms with Crippen molar-refractivity contribution in [2.45, 2.75) is 38.3 Å². The molecule has 5 heteroatoms. The van der Waals surface area contributed by atoms with Crippen LogP contribution in [0.25, 0.3) is 0 Å². The van der Waals surface area contributed by atoms with Gasteiger partial charge in [0.15, 0.2) is 0 Å². The Kier molecular flexibility index (Phi) is 4.49. The predicted octanol–water partition coefficient (Wildman–Crippen LogP) is 1.76. The molecule has 110 valence electrons. The molecule has 3 N–H and O–H groups in total. The van der Waals surface area contributed by atoms with Crippen molar-refractivity contribution in [3.63, 3.8) is 0 Å². The molecular weight excluding hydrogens is 256 g/mol. The third kappa shape index (κ3) is 2.72. The molecule has 2 unspecified atom stereocenters. The number of phenols is 2. The minimum atomic E-state index is -0.209. The lowest BCUT2D eigenvalue weighted by molar-refractivity contribution is -0.128. The summed E-state index contributed by atoms with van der Waals surface area (Å²) in [6.07, 6.45) is 2.85. The highest BCUT2D eigenvalue weighted by Gasteiger charge is 2.33. The highest BCUT2D eigenvalue weighted by Crippen LogP contribution is 2.38. The van der Waals surface area contributed by atoms with Gasteiger partial charge in [-0.2, -0.15) is 0 Å². The summed E-state index contributed by atoms with van der Waals surface area (Å²) in [5, 5.41) is 22.7. The minimum Gasteiger partial charge on any atom is -0.507 e. The van der Waals surface area contributed by atoms with Crippen LogP contribution in [0.3, 0.4) is 0 Å². The second-order valence-electron chi connectivity index (χ2n) is 5.25. The minimum absolute atomic E-state index is 0.00791. The molecule has 1 aliphatic heterocycles. The number of hydrogen-bond acceptors (Lipinski definition) is 4. The fourth-order valence-corrected chi connectivity index (χ4v) is 3.00. The molecule has 1 heterocycles. The monoisotopic (exact) mass is 278 g/mol. The highest BCUT2D eigenvalue weighted by molar-refractivity contribution is 5.81. The first kappa shape index (κ1) is 14.7. The summed E-state index contributed by atoms with van der Waals surface area (Å²) in [4.78, 5) is 14.1. The number of likely N-dealkylation sites (tertiary alicyclic amines) is 1. The van der Waals surface area contributed by atoms with E-state index < -0.39 is 0 Å². The van der Waals surface area contributed by atoms with E-state index in [4.69, 9.17) is 0 Å². The number of nitrogens with zero attached hydrogens (tertiary/aromatic N) is 1. The van der Waals surface area contributed by atoms with Crippen LogP contribution in [0, 0.1) is 0 Å². The van der Waals surface area contributed by atoms with Crippen molar-refractivity contribution in [3.05, 3.63) is 23.8 Å². The summed E-state index contributed by atoms with van der Waals surface area (Å²) >= 11 is 0. The fraction of sp³-hybridized carbons (Fsp3) is 0.533. The van der Waals surface area contributed by atoms with Gasteiger partial charge in [0.2, 0.25) is 5.91 Å². The molecule has 1 fully saturated rings. The lowest BCUT2D eigenvalue weighted by atomic mass is 9.95. The van der Waals surface area contributed by atoms with Crippen LogP contribution >= 0.6 is 0 Å². The summed E-state index contributed by atoms with van der Waals surface area (Å²) in [7, 11) is 1.64. The van der Waals surface area contributed by atoms with E-state index in [1.807, 2.05) is 6.92 Å². The summed E-state index contributed by atoms with van der Waals surface area (Å²) < 4.78 is 0. The van der Waals surface area contributed by atoms with E-state index in [-0.39, 0.29) is 29.5 Å². The number of phenolic OH excluding ortho intramolecular Hbond substituents is 2. The molecule has 1 aromatic carbocycles. The van der Waals surface area contributed by atoms with E-state index in [2.05, 4.69) is 10.2 Å². The van der Waals surface area contributed by atoms with Crippen molar-refractivity contribution in [2.75, 3.05) is 13.6 Å². The maximum atomic E-state index is 12.0. The first-order chi connectivity index (χ1) is 9.56. The second-order valence-corrected chi connectivity index (χ2v) is 5.25. The van der Waals surface area contributed by atoms with Crippen LogP contribution in [0.4, 0.5) is 0 Å². The van der Waals surface area contributed by atoms with Gasteiger partial charge in [0.05, 0.1) is 11.6 Å². The van der Waals surface area contributed by atoms with Crippen molar-refractivity contribution in [1.82, 2.24) is 10.2 Å². The molecule has 2 rings (SSSR count). The zero-order valence-corrected chi connectivity index (χ0v) is 12.0. The number of piperidine rings is 1. The van der Waals surface area contributed by atoms with Gasteiger partial charge in [0.1, 0.15) is 11.5 Å². The Morgan fingerprint density at radius 1 is 1.35 bits per heavy atom. The molecule has 0 radical (unpaired) electrons. The van der Waals surface area contributed by atoms with Gasteiger partial charge < -0.3 is 15.5 Å². The molecule has 20 heavy (non-hydrogen) atoms. The van der Waals surface area contributed by atoms with E-state index in [9.17, 15) is 15.0 Å². The van der Waals surface area contributed by atoms with Crippen molar-refractivity contribution in [1.29, 1.82) is 0 Å². The average molecular weight is 278 g/mol. The van der Waals surface area contributed by atoms with Crippen LogP contribution in [-0.4, -0.2) is 40.7 Å². The Balaban J connectivity index is 2.30. The lowest BCUT2D eigenvalue weighted by Gasteiger charge is -2.39. The molecule has 1 amide bonds. The van der Waals surface area contributed by atoms with Crippen LogP contribution in [0.1, 0.15) is 37.8 Å². The van der Waals surface area contributed by atoms with Gasteiger partial charge in [-0.25, -0.2) is 0 Å². The number of likely N-dealkylation sites (N-methyl/N-ethyl adjacent to an activating group) is 1. The van der Waals surface area contributed by atoms with Gasteiger partial charge in [-0.3, -0.25) is 9.69 Å². The maximum Gasteiger partial charge on any atom is 0.237 e. The predicted molar refractivity (Wildman–Crippen MR) is 76.6 cm³/mol. The van der Waals surface area contributed by atoms with Gasteiger partial charge in [0, 0.05) is 13.1 Å². The number of aromatic hydroxyl groups is 2. The molecule has 1 aromatic rings. The van der Waals surface area contributed by atoms with E-state index >= 15 is 0 Å². The molecule has 0 spiro atoms. The number of carbonyl (C=O) groups is 1. The smallest absolute Gasteiger partial charge is 0.237 e. The quantitative estimate of drug-likeness (QED) is 0.787. The van der Waals surface area contributed by atoms with Crippen molar-refractivity contribution in [3.8, 4) is 11.5 Å². The molecule has 0 aliphatic carbocycles. The molecular formula is C15H22N2O3. The third-order valence-corrected chi connectivity index (χ3v) is 4.07. The first-order valence-corrected chi connectivity index (χ1v) is 7.04. The van der Waals surface area contributed by atoms with E-state index in [0.29, 0.717) is 5.56 Å². The molecule has 0 aromatic heterocycles. The highest BCUT2D eigenvalue weighted by atomic mass is 16.3. The largest absolute Gasteiger partial charge is 0.507 e. The molecule has 1 aliphatic rings. The Labute approximate surface area is 119 Å². The number of benzene rings is 1. The Morgan fingerprint density at radius 3 is 2.60 bits per heavy atom. The van der Waals surface area contributed by atoms with E-state index in [1.165, 1.54) is 0 Å². The SMILES string of the molecule is CNC(=O)C1CCCCN1C(C)c1c(O)cccc1O. The van der Waals surface area contributed by atoms with E-state index in [0.717, 1.165) is 25.8 Å². The topological polar surface area (TPSA) is 72.8 Å². The number of rotatable bonds is 3. The van der Waals surface area contributed by atoms with Gasteiger partial charge in [-0.05, 0) is 38.4 Å².